The van der Waals surface area contributed by atoms with Crippen LogP contribution in [0.2, 0.25) is 0 Å². The first kappa shape index (κ1) is 18.0. The number of hydrogen-bond acceptors (Lipinski definition) is 5. The smallest absolute Gasteiger partial charge is 0.148 e. The van der Waals surface area contributed by atoms with E-state index in [4.69, 9.17) is 9.84 Å². The second-order valence-electron chi connectivity index (χ2n) is 9.28. The standard InChI is InChI=1S/C22H28N4O2/c1-13(2)26-20(15-9-25(10-15)16-11-28-12-16)6-18(24-26)14-5-17-19(23-8-14)7-21(27)22(17,3)4/h5-6,8,13,15-16H,7,9-12H2,1-4H3. The van der Waals surface area contributed by atoms with Crippen molar-refractivity contribution in [3.05, 3.63) is 35.3 Å². The summed E-state index contributed by atoms with van der Waals surface area (Å²) in [6.45, 7) is 12.3. The van der Waals surface area contributed by atoms with Crippen molar-refractivity contribution in [1.29, 1.82) is 0 Å². The van der Waals surface area contributed by atoms with E-state index in [1.807, 2.05) is 20.0 Å². The zero-order valence-corrected chi connectivity index (χ0v) is 17.1. The first-order valence-electron chi connectivity index (χ1n) is 10.3. The van der Waals surface area contributed by atoms with E-state index in [1.165, 1.54) is 5.69 Å². The molecule has 4 heterocycles. The lowest BCUT2D eigenvalue weighted by Gasteiger charge is -2.47. The molecule has 0 amide bonds. The van der Waals surface area contributed by atoms with Crippen LogP contribution in [0.5, 0.6) is 0 Å². The van der Waals surface area contributed by atoms with Crippen LogP contribution in [0.1, 0.15) is 56.6 Å². The van der Waals surface area contributed by atoms with Gasteiger partial charge in [0.05, 0.1) is 36.1 Å². The van der Waals surface area contributed by atoms with Crippen molar-refractivity contribution in [3.63, 3.8) is 0 Å². The van der Waals surface area contributed by atoms with Crippen molar-refractivity contribution < 1.29 is 9.53 Å². The molecule has 0 saturated carbocycles. The summed E-state index contributed by atoms with van der Waals surface area (Å²) in [5.74, 6) is 0.764. The van der Waals surface area contributed by atoms with Crippen LogP contribution in [0.25, 0.3) is 11.3 Å². The maximum absolute atomic E-state index is 12.3. The minimum absolute atomic E-state index is 0.245. The predicted molar refractivity (Wildman–Crippen MR) is 107 cm³/mol. The number of nitrogens with zero attached hydrogens (tertiary/aromatic N) is 4. The third-order valence-corrected chi connectivity index (χ3v) is 6.68. The predicted octanol–water partition coefficient (Wildman–Crippen LogP) is 2.73. The molecule has 6 heteroatoms. The SMILES string of the molecule is CC(C)n1nc(-c2cnc3c(c2)C(C)(C)C(=O)C3)cc1C1CN(C2COC2)C1. The number of carbonyl (C=O) groups is 1. The van der Waals surface area contributed by atoms with E-state index in [-0.39, 0.29) is 5.78 Å². The lowest BCUT2D eigenvalue weighted by molar-refractivity contribution is -0.121. The van der Waals surface area contributed by atoms with Crippen molar-refractivity contribution in [3.8, 4) is 11.3 Å². The highest BCUT2D eigenvalue weighted by atomic mass is 16.5. The van der Waals surface area contributed by atoms with E-state index in [0.29, 0.717) is 24.4 Å². The van der Waals surface area contributed by atoms with Crippen LogP contribution in [-0.2, 0) is 21.4 Å². The summed E-state index contributed by atoms with van der Waals surface area (Å²) >= 11 is 0. The molecule has 2 aromatic rings. The highest BCUT2D eigenvalue weighted by molar-refractivity contribution is 5.95. The van der Waals surface area contributed by atoms with Crippen LogP contribution < -0.4 is 0 Å². The van der Waals surface area contributed by atoms with Gasteiger partial charge >= 0.3 is 0 Å². The topological polar surface area (TPSA) is 60.2 Å². The summed E-state index contributed by atoms with van der Waals surface area (Å²) in [4.78, 5) is 19.4. The Morgan fingerprint density at radius 1 is 1.21 bits per heavy atom. The van der Waals surface area contributed by atoms with Crippen molar-refractivity contribution in [1.82, 2.24) is 19.7 Å². The molecule has 0 N–H and O–H groups in total. The normalized spacial score (nSPS) is 22.4. The number of likely N-dealkylation sites (tertiary alicyclic amines) is 1. The first-order valence-corrected chi connectivity index (χ1v) is 10.3. The van der Waals surface area contributed by atoms with Gasteiger partial charge in [0, 0.05) is 48.9 Å². The second kappa shape index (κ2) is 6.22. The minimum atomic E-state index is -0.457. The van der Waals surface area contributed by atoms with Gasteiger partial charge in [-0.2, -0.15) is 5.10 Å². The summed E-state index contributed by atoms with van der Waals surface area (Å²) in [5.41, 5.74) is 4.78. The van der Waals surface area contributed by atoms with Crippen molar-refractivity contribution >= 4 is 5.78 Å². The summed E-state index contributed by atoms with van der Waals surface area (Å²) in [7, 11) is 0. The van der Waals surface area contributed by atoms with E-state index >= 15 is 0 Å². The Labute approximate surface area is 165 Å². The van der Waals surface area contributed by atoms with Gasteiger partial charge in [-0.3, -0.25) is 19.4 Å². The molecule has 2 aliphatic heterocycles. The van der Waals surface area contributed by atoms with Crippen molar-refractivity contribution in [2.45, 2.75) is 57.5 Å². The third kappa shape index (κ3) is 2.65. The number of ether oxygens (including phenoxy) is 1. The van der Waals surface area contributed by atoms with E-state index < -0.39 is 5.41 Å². The molecule has 0 bridgehead atoms. The molecule has 0 radical (unpaired) electrons. The molecule has 2 aromatic heterocycles. The van der Waals surface area contributed by atoms with Gasteiger partial charge in [-0.15, -0.1) is 0 Å². The monoisotopic (exact) mass is 380 g/mol. The summed E-state index contributed by atoms with van der Waals surface area (Å²) < 4.78 is 7.49. The largest absolute Gasteiger partial charge is 0.378 e. The van der Waals surface area contributed by atoms with Crippen LogP contribution >= 0.6 is 0 Å². The molecular formula is C22H28N4O2. The summed E-state index contributed by atoms with van der Waals surface area (Å²) in [6.07, 6.45) is 2.32. The molecule has 2 saturated heterocycles. The number of pyridine rings is 1. The van der Waals surface area contributed by atoms with E-state index in [2.05, 4.69) is 40.5 Å². The molecule has 28 heavy (non-hydrogen) atoms. The van der Waals surface area contributed by atoms with Gasteiger partial charge in [0.25, 0.3) is 0 Å². The van der Waals surface area contributed by atoms with E-state index in [0.717, 1.165) is 48.8 Å². The number of ketones is 1. The molecule has 6 nitrogen and oxygen atoms in total. The van der Waals surface area contributed by atoms with Crippen LogP contribution in [0, 0.1) is 0 Å². The zero-order chi connectivity index (χ0) is 19.6. The van der Waals surface area contributed by atoms with E-state index in [9.17, 15) is 4.79 Å². The molecule has 0 unspecified atom stereocenters. The minimum Gasteiger partial charge on any atom is -0.378 e. The molecule has 2 fully saturated rings. The molecular weight excluding hydrogens is 352 g/mol. The Hall–Kier alpha value is -2.05. The lowest BCUT2D eigenvalue weighted by Crippen LogP contribution is -2.58. The number of fused-ring (bicyclic) bond motifs is 1. The summed E-state index contributed by atoms with van der Waals surface area (Å²) in [6, 6.07) is 5.27. The molecule has 0 spiro atoms. The Bertz CT molecular complexity index is 936. The van der Waals surface area contributed by atoms with Gasteiger partial charge in [-0.1, -0.05) is 0 Å². The Morgan fingerprint density at radius 2 is 1.96 bits per heavy atom. The van der Waals surface area contributed by atoms with Gasteiger partial charge < -0.3 is 4.74 Å². The van der Waals surface area contributed by atoms with E-state index in [1.54, 1.807) is 0 Å². The summed E-state index contributed by atoms with van der Waals surface area (Å²) in [5, 5.41) is 4.93. The molecule has 3 aliphatic rings. The maximum Gasteiger partial charge on any atom is 0.148 e. The van der Waals surface area contributed by atoms with Crippen LogP contribution in [0.15, 0.2) is 18.3 Å². The quantitative estimate of drug-likeness (QED) is 0.816. The Morgan fingerprint density at radius 3 is 2.61 bits per heavy atom. The first-order chi connectivity index (χ1) is 13.3. The average molecular weight is 380 g/mol. The highest BCUT2D eigenvalue weighted by Crippen LogP contribution is 2.38. The van der Waals surface area contributed by atoms with Crippen molar-refractivity contribution in [2.24, 2.45) is 0 Å². The third-order valence-electron chi connectivity index (χ3n) is 6.68. The fraction of sp³-hybridized carbons (Fsp3) is 0.591. The number of aromatic nitrogens is 3. The number of Topliss-reactive ketones (excluding diaryl/α,β-unsaturated/α-hetero) is 1. The fourth-order valence-corrected chi connectivity index (χ4v) is 4.54. The molecule has 148 valence electrons. The van der Waals surface area contributed by atoms with Gasteiger partial charge in [0.1, 0.15) is 5.78 Å². The maximum atomic E-state index is 12.3. The van der Waals surface area contributed by atoms with Gasteiger partial charge in [-0.05, 0) is 45.4 Å². The van der Waals surface area contributed by atoms with Gasteiger partial charge in [-0.25, -0.2) is 0 Å². The van der Waals surface area contributed by atoms with Crippen LogP contribution in [-0.4, -0.2) is 57.8 Å². The Balaban J connectivity index is 1.45. The van der Waals surface area contributed by atoms with Gasteiger partial charge in [0.2, 0.25) is 0 Å². The highest BCUT2D eigenvalue weighted by Gasteiger charge is 2.40. The Kier molecular flexibility index (Phi) is 4.00. The lowest BCUT2D eigenvalue weighted by atomic mass is 9.85. The second-order valence-corrected chi connectivity index (χ2v) is 9.28. The van der Waals surface area contributed by atoms with Crippen LogP contribution in [0.4, 0.5) is 0 Å². The van der Waals surface area contributed by atoms with Crippen LogP contribution in [0.3, 0.4) is 0 Å². The van der Waals surface area contributed by atoms with Crippen molar-refractivity contribution in [2.75, 3.05) is 26.3 Å². The average Bonchev–Trinajstić information content (AvgIpc) is 3.09. The number of hydrogen-bond donors (Lipinski definition) is 0. The molecule has 0 aromatic carbocycles. The van der Waals surface area contributed by atoms with Gasteiger partial charge in [0.15, 0.2) is 0 Å². The zero-order valence-electron chi connectivity index (χ0n) is 17.1. The molecule has 0 atom stereocenters. The molecule has 1 aliphatic carbocycles. The fourth-order valence-electron chi connectivity index (χ4n) is 4.54. The molecule has 5 rings (SSSR count). The number of rotatable bonds is 4. The number of carbonyl (C=O) groups excluding carboxylic acids is 1.